The third-order valence-electron chi connectivity index (χ3n) is 7.37. The molecule has 0 aliphatic carbocycles. The highest BCUT2D eigenvalue weighted by molar-refractivity contribution is 7.87. The smallest absolute Gasteiger partial charge is 0.322 e. The van der Waals surface area contributed by atoms with Crippen LogP contribution < -0.4 is 19.7 Å². The van der Waals surface area contributed by atoms with Crippen molar-refractivity contribution in [2.24, 2.45) is 11.8 Å². The van der Waals surface area contributed by atoms with Crippen LogP contribution in [0.15, 0.2) is 67.0 Å². The van der Waals surface area contributed by atoms with E-state index in [0.717, 1.165) is 16.8 Å². The van der Waals surface area contributed by atoms with Gasteiger partial charge in [0.2, 0.25) is 0 Å². The van der Waals surface area contributed by atoms with Crippen molar-refractivity contribution in [2.45, 2.75) is 40.3 Å². The standard InChI is InChI=1S/C34H41N5O6S/c1-24(2)23-45-31-12-9-27(21-30(31)33(40)36-22-28-13-15-35-16-14-28)6-5-26-7-10-29(11-8-26)38-17-19-39(20-18-38)46(43,44)37-32(25(3)4)34(41)42/h7-16,21,24-25,32,37H,17-20,22-23H2,1-4H3,(H,36,40)(H,41,42). The summed E-state index contributed by atoms with van der Waals surface area (Å²) in [5.41, 5.74) is 3.73. The molecule has 1 amide bonds. The molecule has 0 radical (unpaired) electrons. The van der Waals surface area contributed by atoms with E-state index in [-0.39, 0.29) is 24.9 Å². The Morgan fingerprint density at radius 2 is 1.57 bits per heavy atom. The van der Waals surface area contributed by atoms with Crippen LogP contribution in [0.25, 0.3) is 0 Å². The zero-order valence-electron chi connectivity index (χ0n) is 26.6. The number of pyridine rings is 1. The second-order valence-electron chi connectivity index (χ2n) is 11.8. The van der Waals surface area contributed by atoms with Gasteiger partial charge in [0.1, 0.15) is 11.8 Å². The number of amides is 1. The van der Waals surface area contributed by atoms with E-state index >= 15 is 0 Å². The molecule has 1 unspecified atom stereocenters. The summed E-state index contributed by atoms with van der Waals surface area (Å²) in [6.07, 6.45) is 3.36. The number of rotatable bonds is 12. The first-order valence-electron chi connectivity index (χ1n) is 15.2. The fourth-order valence-electron chi connectivity index (χ4n) is 4.74. The average molecular weight is 648 g/mol. The summed E-state index contributed by atoms with van der Waals surface area (Å²) >= 11 is 0. The number of hydrogen-bond donors (Lipinski definition) is 3. The van der Waals surface area contributed by atoms with Crippen LogP contribution in [0.4, 0.5) is 5.69 Å². The molecule has 11 nitrogen and oxygen atoms in total. The molecule has 1 atom stereocenters. The molecule has 0 spiro atoms. The van der Waals surface area contributed by atoms with Crippen LogP contribution in [0.1, 0.15) is 54.7 Å². The maximum atomic E-state index is 13.2. The fourth-order valence-corrected chi connectivity index (χ4v) is 6.23. The minimum Gasteiger partial charge on any atom is -0.492 e. The molecule has 3 aromatic rings. The van der Waals surface area contributed by atoms with Gasteiger partial charge in [0, 0.05) is 61.9 Å². The van der Waals surface area contributed by atoms with Crippen molar-refractivity contribution in [3.05, 3.63) is 89.2 Å². The number of benzene rings is 2. The Kier molecular flexibility index (Phi) is 11.8. The van der Waals surface area contributed by atoms with Crippen LogP contribution in [0.5, 0.6) is 5.75 Å². The van der Waals surface area contributed by atoms with Gasteiger partial charge in [0.25, 0.3) is 16.1 Å². The SMILES string of the molecule is CC(C)COc1ccc(C#Cc2ccc(N3CCN(S(=O)(=O)NC(C(=O)O)C(C)C)CC3)cc2)cc1C(=O)NCc1ccncc1. The first-order chi connectivity index (χ1) is 21.9. The van der Waals surface area contributed by atoms with E-state index in [0.29, 0.717) is 49.0 Å². The monoisotopic (exact) mass is 647 g/mol. The number of carbonyl (C=O) groups excluding carboxylic acids is 1. The molecule has 0 bridgehead atoms. The summed E-state index contributed by atoms with van der Waals surface area (Å²) in [4.78, 5) is 30.7. The van der Waals surface area contributed by atoms with Gasteiger partial charge in [-0.05, 0) is 72.0 Å². The van der Waals surface area contributed by atoms with Crippen molar-refractivity contribution in [1.29, 1.82) is 0 Å². The second kappa shape index (κ2) is 15.7. The number of carbonyl (C=O) groups is 2. The molecule has 0 saturated carbocycles. The highest BCUT2D eigenvalue weighted by Crippen LogP contribution is 2.22. The minimum atomic E-state index is -3.93. The van der Waals surface area contributed by atoms with Gasteiger partial charge in [-0.1, -0.05) is 39.5 Å². The molecular formula is C34H41N5O6S. The highest BCUT2D eigenvalue weighted by Gasteiger charge is 2.33. The van der Waals surface area contributed by atoms with Crippen molar-refractivity contribution >= 4 is 27.8 Å². The quantitative estimate of drug-likeness (QED) is 0.254. The van der Waals surface area contributed by atoms with Gasteiger partial charge in [-0.3, -0.25) is 14.6 Å². The molecule has 46 heavy (non-hydrogen) atoms. The van der Waals surface area contributed by atoms with Crippen LogP contribution in [0, 0.1) is 23.7 Å². The Morgan fingerprint density at radius 1 is 0.935 bits per heavy atom. The number of piperazine rings is 1. The molecule has 3 N–H and O–H groups in total. The van der Waals surface area contributed by atoms with E-state index in [1.807, 2.05) is 56.3 Å². The highest BCUT2D eigenvalue weighted by atomic mass is 32.2. The summed E-state index contributed by atoms with van der Waals surface area (Å²) in [7, 11) is -3.93. The number of ether oxygens (including phenoxy) is 1. The van der Waals surface area contributed by atoms with E-state index in [4.69, 9.17) is 4.74 Å². The summed E-state index contributed by atoms with van der Waals surface area (Å²) in [5.74, 6) is 5.26. The van der Waals surface area contributed by atoms with Gasteiger partial charge < -0.3 is 20.1 Å². The van der Waals surface area contributed by atoms with Gasteiger partial charge in [-0.2, -0.15) is 17.4 Å². The molecular weight excluding hydrogens is 606 g/mol. The van der Waals surface area contributed by atoms with E-state index < -0.39 is 22.2 Å². The molecule has 244 valence electrons. The number of nitrogens with zero attached hydrogens (tertiary/aromatic N) is 3. The minimum absolute atomic E-state index is 0.233. The molecule has 1 aliphatic rings. The molecule has 1 saturated heterocycles. The van der Waals surface area contributed by atoms with Crippen LogP contribution >= 0.6 is 0 Å². The number of aliphatic carboxylic acids is 1. The van der Waals surface area contributed by atoms with Crippen molar-refractivity contribution < 1.29 is 27.9 Å². The lowest BCUT2D eigenvalue weighted by atomic mass is 10.1. The van der Waals surface area contributed by atoms with E-state index in [1.54, 1.807) is 38.4 Å². The number of nitrogens with one attached hydrogen (secondary N) is 2. The summed E-state index contributed by atoms with van der Waals surface area (Å²) < 4.78 is 35.1. The lowest BCUT2D eigenvalue weighted by Gasteiger charge is -2.36. The van der Waals surface area contributed by atoms with E-state index in [9.17, 15) is 23.1 Å². The molecule has 4 rings (SSSR count). The van der Waals surface area contributed by atoms with Crippen LogP contribution in [0.2, 0.25) is 0 Å². The lowest BCUT2D eigenvalue weighted by Crippen LogP contribution is -2.55. The maximum absolute atomic E-state index is 13.2. The second-order valence-corrected chi connectivity index (χ2v) is 13.5. The predicted octanol–water partition coefficient (Wildman–Crippen LogP) is 3.51. The number of hydrogen-bond acceptors (Lipinski definition) is 7. The predicted molar refractivity (Wildman–Crippen MR) is 177 cm³/mol. The molecule has 1 aromatic heterocycles. The van der Waals surface area contributed by atoms with Crippen molar-refractivity contribution in [1.82, 2.24) is 19.3 Å². The average Bonchev–Trinajstić information content (AvgIpc) is 3.05. The number of anilines is 1. The van der Waals surface area contributed by atoms with Crippen molar-refractivity contribution in [2.75, 3.05) is 37.7 Å². The maximum Gasteiger partial charge on any atom is 0.322 e. The largest absolute Gasteiger partial charge is 0.492 e. The lowest BCUT2D eigenvalue weighted by molar-refractivity contribution is -0.140. The Balaban J connectivity index is 1.40. The van der Waals surface area contributed by atoms with Gasteiger partial charge in [-0.15, -0.1) is 0 Å². The molecule has 2 heterocycles. The Hall–Kier alpha value is -4.44. The molecule has 1 fully saturated rings. The summed E-state index contributed by atoms with van der Waals surface area (Å²) in [5, 5.41) is 12.3. The topological polar surface area (TPSA) is 141 Å². The Bertz CT molecular complexity index is 1660. The van der Waals surface area contributed by atoms with Gasteiger partial charge in [0.05, 0.1) is 12.2 Å². The van der Waals surface area contributed by atoms with Crippen LogP contribution in [-0.4, -0.2) is 73.5 Å². The third kappa shape index (κ3) is 9.53. The van der Waals surface area contributed by atoms with E-state index in [2.05, 4.69) is 31.8 Å². The zero-order valence-corrected chi connectivity index (χ0v) is 27.4. The normalized spacial score (nSPS) is 14.4. The van der Waals surface area contributed by atoms with Gasteiger partial charge >= 0.3 is 5.97 Å². The molecule has 1 aliphatic heterocycles. The van der Waals surface area contributed by atoms with Crippen molar-refractivity contribution in [3.8, 4) is 17.6 Å². The first-order valence-corrected chi connectivity index (χ1v) is 16.7. The molecule has 12 heteroatoms. The first kappa shape index (κ1) is 34.4. The zero-order chi connectivity index (χ0) is 33.3. The Labute approximate surface area is 271 Å². The van der Waals surface area contributed by atoms with E-state index in [1.165, 1.54) is 4.31 Å². The van der Waals surface area contributed by atoms with Crippen LogP contribution in [0.3, 0.4) is 0 Å². The van der Waals surface area contributed by atoms with Gasteiger partial charge in [-0.25, -0.2) is 0 Å². The Morgan fingerprint density at radius 3 is 2.17 bits per heavy atom. The van der Waals surface area contributed by atoms with Gasteiger partial charge in [0.15, 0.2) is 0 Å². The third-order valence-corrected chi connectivity index (χ3v) is 8.97. The number of aromatic nitrogens is 1. The summed E-state index contributed by atoms with van der Waals surface area (Å²) in [6.45, 7) is 9.64. The fraction of sp³-hybridized carbons (Fsp3) is 0.382. The van der Waals surface area contributed by atoms with Crippen molar-refractivity contribution in [3.63, 3.8) is 0 Å². The number of carboxylic acid groups (broad SMARTS) is 1. The number of carboxylic acids is 1. The summed E-state index contributed by atoms with van der Waals surface area (Å²) in [6, 6.07) is 15.5. The molecule has 2 aromatic carbocycles. The van der Waals surface area contributed by atoms with Crippen LogP contribution in [-0.2, 0) is 21.5 Å².